The van der Waals surface area contributed by atoms with Gasteiger partial charge in [-0.1, -0.05) is 11.2 Å². The molecule has 0 saturated carbocycles. The second-order valence-corrected chi connectivity index (χ2v) is 4.50. The maximum Gasteiger partial charge on any atom is 0.340 e. The highest BCUT2D eigenvalue weighted by Gasteiger charge is 2.19. The molecular weight excluding hydrogens is 279 g/mol. The molecule has 6 nitrogen and oxygen atoms in total. The minimum Gasteiger partial charge on any atom is -0.478 e. The number of nitrogens with one attached hydrogen (secondary N) is 1. The molecule has 0 spiro atoms. The number of carbonyl (C=O) groups excluding carboxylic acids is 1. The van der Waals surface area contributed by atoms with E-state index < -0.39 is 23.3 Å². The number of hydrogen-bond donors (Lipinski definition) is 2. The molecule has 1 aromatic carbocycles. The van der Waals surface area contributed by atoms with Crippen LogP contribution in [-0.4, -0.2) is 22.1 Å². The number of anilines is 1. The number of amides is 1. The third-order valence-electron chi connectivity index (χ3n) is 3.02. The highest BCUT2D eigenvalue weighted by Crippen LogP contribution is 2.20. The molecule has 0 aliphatic rings. The van der Waals surface area contributed by atoms with Gasteiger partial charge in [0.15, 0.2) is 0 Å². The molecule has 21 heavy (non-hydrogen) atoms. The van der Waals surface area contributed by atoms with Crippen LogP contribution in [0.4, 0.5) is 10.1 Å². The van der Waals surface area contributed by atoms with Crippen LogP contribution in [0.2, 0.25) is 0 Å². The van der Waals surface area contributed by atoms with Gasteiger partial charge in [-0.3, -0.25) is 4.79 Å². The van der Waals surface area contributed by atoms with Crippen molar-refractivity contribution in [3.05, 3.63) is 46.6 Å². The summed E-state index contributed by atoms with van der Waals surface area (Å²) in [7, 11) is 0. The van der Waals surface area contributed by atoms with Crippen LogP contribution >= 0.6 is 0 Å². The number of aromatic carboxylic acids is 1. The molecule has 0 bridgehead atoms. The van der Waals surface area contributed by atoms with Crippen LogP contribution < -0.4 is 5.32 Å². The number of carboxylic acid groups (broad SMARTS) is 1. The number of aryl methyl sites for hydroxylation is 2. The molecule has 2 aromatic rings. The molecule has 0 fully saturated rings. The van der Waals surface area contributed by atoms with Crippen molar-refractivity contribution in [1.82, 2.24) is 5.16 Å². The molecule has 0 saturated heterocycles. The molecular formula is C14H13FN2O4. The number of nitrogens with zero attached hydrogens (tertiary/aromatic N) is 1. The van der Waals surface area contributed by atoms with Crippen molar-refractivity contribution in [2.45, 2.75) is 20.3 Å². The van der Waals surface area contributed by atoms with Crippen molar-refractivity contribution < 1.29 is 23.6 Å². The molecule has 0 atom stereocenters. The lowest BCUT2D eigenvalue weighted by molar-refractivity contribution is -0.115. The fraction of sp³-hybridized carbons (Fsp3) is 0.214. The van der Waals surface area contributed by atoms with Crippen LogP contribution in [0.3, 0.4) is 0 Å². The van der Waals surface area contributed by atoms with Crippen LogP contribution in [0, 0.1) is 19.7 Å². The number of carboxylic acids is 1. The Morgan fingerprint density at radius 3 is 2.67 bits per heavy atom. The van der Waals surface area contributed by atoms with Crippen LogP contribution in [-0.2, 0) is 11.2 Å². The molecule has 1 heterocycles. The highest BCUT2D eigenvalue weighted by molar-refractivity contribution is 6.01. The van der Waals surface area contributed by atoms with E-state index in [1.54, 1.807) is 13.8 Å². The van der Waals surface area contributed by atoms with Gasteiger partial charge in [-0.25, -0.2) is 9.18 Å². The summed E-state index contributed by atoms with van der Waals surface area (Å²) in [5, 5.41) is 15.1. The Morgan fingerprint density at radius 1 is 1.38 bits per heavy atom. The van der Waals surface area contributed by atoms with Crippen LogP contribution in [0.25, 0.3) is 0 Å². The Kier molecular flexibility index (Phi) is 4.02. The molecule has 0 radical (unpaired) electrons. The van der Waals surface area contributed by atoms with Gasteiger partial charge >= 0.3 is 5.97 Å². The van der Waals surface area contributed by atoms with Gasteiger partial charge in [0.1, 0.15) is 17.1 Å². The van der Waals surface area contributed by atoms with Gasteiger partial charge in [-0.15, -0.1) is 0 Å². The monoisotopic (exact) mass is 292 g/mol. The summed E-state index contributed by atoms with van der Waals surface area (Å²) < 4.78 is 18.4. The summed E-state index contributed by atoms with van der Waals surface area (Å²) in [6.45, 7) is 3.37. The molecule has 1 amide bonds. The zero-order valence-electron chi connectivity index (χ0n) is 11.4. The molecule has 0 aliphatic heterocycles. The third-order valence-corrected chi connectivity index (χ3v) is 3.02. The average molecular weight is 292 g/mol. The van der Waals surface area contributed by atoms with Crippen LogP contribution in [0.5, 0.6) is 0 Å². The lowest BCUT2D eigenvalue weighted by Gasteiger charge is -2.09. The number of hydrogen-bond acceptors (Lipinski definition) is 4. The van der Waals surface area contributed by atoms with E-state index in [0.29, 0.717) is 17.0 Å². The van der Waals surface area contributed by atoms with Crippen LogP contribution in [0.1, 0.15) is 27.4 Å². The predicted molar refractivity (Wildman–Crippen MR) is 71.7 cm³/mol. The lowest BCUT2D eigenvalue weighted by atomic mass is 10.1. The molecule has 1 aromatic heterocycles. The summed E-state index contributed by atoms with van der Waals surface area (Å²) >= 11 is 0. The molecule has 110 valence electrons. The Bertz CT molecular complexity index is 689. The number of halogens is 1. The fourth-order valence-electron chi connectivity index (χ4n) is 1.95. The van der Waals surface area contributed by atoms with Gasteiger partial charge in [0.05, 0.1) is 17.8 Å². The van der Waals surface area contributed by atoms with E-state index >= 15 is 0 Å². The maximum atomic E-state index is 13.5. The van der Waals surface area contributed by atoms with Crippen molar-refractivity contribution in [3.63, 3.8) is 0 Å². The highest BCUT2D eigenvalue weighted by atomic mass is 19.1. The number of aromatic nitrogens is 1. The third kappa shape index (κ3) is 3.07. The predicted octanol–water partition coefficient (Wildman–Crippen LogP) is 2.31. The summed E-state index contributed by atoms with van der Waals surface area (Å²) in [5.74, 6) is -2.31. The van der Waals surface area contributed by atoms with Crippen molar-refractivity contribution in [2.75, 3.05) is 5.32 Å². The van der Waals surface area contributed by atoms with Crippen molar-refractivity contribution in [3.8, 4) is 0 Å². The number of carbonyl (C=O) groups is 2. The van der Waals surface area contributed by atoms with Gasteiger partial charge in [0.2, 0.25) is 5.91 Å². The zero-order chi connectivity index (χ0) is 15.6. The minimum atomic E-state index is -1.44. The number of rotatable bonds is 4. The molecule has 7 heteroatoms. The Hall–Kier alpha value is -2.70. The molecule has 2 rings (SSSR count). The summed E-state index contributed by atoms with van der Waals surface area (Å²) in [4.78, 5) is 23.0. The fourth-order valence-corrected chi connectivity index (χ4v) is 1.95. The first-order valence-corrected chi connectivity index (χ1v) is 6.13. The largest absolute Gasteiger partial charge is 0.478 e. The van der Waals surface area contributed by atoms with E-state index in [2.05, 4.69) is 10.5 Å². The second-order valence-electron chi connectivity index (χ2n) is 4.50. The Balaban J connectivity index is 2.21. The van der Waals surface area contributed by atoms with Gasteiger partial charge in [-0.2, -0.15) is 0 Å². The first-order chi connectivity index (χ1) is 9.90. The second kappa shape index (κ2) is 5.74. The van der Waals surface area contributed by atoms with Crippen molar-refractivity contribution in [1.29, 1.82) is 0 Å². The minimum absolute atomic E-state index is 0.0310. The van der Waals surface area contributed by atoms with E-state index in [-0.39, 0.29) is 12.1 Å². The standard InChI is InChI=1S/C14H13FN2O4/c1-7-9(8(2)21-17-7)6-12(18)16-11-5-3-4-10(15)13(11)14(19)20/h3-5H,6H2,1-2H3,(H,16,18)(H,19,20). The lowest BCUT2D eigenvalue weighted by Crippen LogP contribution is -2.18. The zero-order valence-corrected chi connectivity index (χ0v) is 11.4. The maximum absolute atomic E-state index is 13.5. The molecule has 0 aliphatic carbocycles. The Morgan fingerprint density at radius 2 is 2.10 bits per heavy atom. The van der Waals surface area contributed by atoms with Gasteiger partial charge in [0, 0.05) is 5.56 Å². The van der Waals surface area contributed by atoms with Gasteiger partial charge < -0.3 is 14.9 Å². The van der Waals surface area contributed by atoms with Gasteiger partial charge in [0.25, 0.3) is 0 Å². The SMILES string of the molecule is Cc1noc(C)c1CC(=O)Nc1cccc(F)c1C(=O)O. The normalized spacial score (nSPS) is 10.4. The van der Waals surface area contributed by atoms with Gasteiger partial charge in [-0.05, 0) is 26.0 Å². The Labute approximate surface area is 119 Å². The summed E-state index contributed by atoms with van der Waals surface area (Å²) in [6.07, 6.45) is -0.0310. The van der Waals surface area contributed by atoms with E-state index in [9.17, 15) is 14.0 Å². The molecule has 2 N–H and O–H groups in total. The number of benzene rings is 1. The van der Waals surface area contributed by atoms with Crippen LogP contribution in [0.15, 0.2) is 22.7 Å². The smallest absolute Gasteiger partial charge is 0.340 e. The summed E-state index contributed by atoms with van der Waals surface area (Å²) in [6, 6.07) is 3.68. The van der Waals surface area contributed by atoms with E-state index in [1.807, 2.05) is 0 Å². The van der Waals surface area contributed by atoms with E-state index in [1.165, 1.54) is 12.1 Å². The first-order valence-electron chi connectivity index (χ1n) is 6.13. The van der Waals surface area contributed by atoms with Crippen molar-refractivity contribution >= 4 is 17.6 Å². The topological polar surface area (TPSA) is 92.4 Å². The first kappa shape index (κ1) is 14.7. The van der Waals surface area contributed by atoms with Crippen molar-refractivity contribution in [2.24, 2.45) is 0 Å². The summed E-state index contributed by atoms with van der Waals surface area (Å²) in [5.41, 5.74) is 0.560. The van der Waals surface area contributed by atoms with E-state index in [4.69, 9.17) is 9.63 Å². The quantitative estimate of drug-likeness (QED) is 0.902. The van der Waals surface area contributed by atoms with E-state index in [0.717, 1.165) is 6.07 Å². The average Bonchev–Trinajstić information content (AvgIpc) is 2.70. The molecule has 0 unspecified atom stereocenters.